The predicted molar refractivity (Wildman–Crippen MR) is 91.2 cm³/mol. The lowest BCUT2D eigenvalue weighted by Gasteiger charge is -2.13. The molecule has 0 heterocycles. The lowest BCUT2D eigenvalue weighted by molar-refractivity contribution is 0.102. The third-order valence-electron chi connectivity index (χ3n) is 2.86. The van der Waals surface area contributed by atoms with Gasteiger partial charge in [0.15, 0.2) is 11.5 Å². The van der Waals surface area contributed by atoms with Gasteiger partial charge >= 0.3 is 0 Å². The summed E-state index contributed by atoms with van der Waals surface area (Å²) < 4.78 is 24.7. The summed E-state index contributed by atoms with van der Waals surface area (Å²) in [7, 11) is 1.52. The van der Waals surface area contributed by atoms with Crippen molar-refractivity contribution in [1.29, 1.82) is 0 Å². The molecule has 6 heteroatoms. The molecule has 0 fully saturated rings. The minimum atomic E-state index is -0.406. The number of ether oxygens (including phenoxy) is 2. The van der Waals surface area contributed by atoms with Crippen LogP contribution in [0, 0.1) is 9.39 Å². The molecule has 0 atom stereocenters. The van der Waals surface area contributed by atoms with Crippen LogP contribution in [0.1, 0.15) is 17.3 Å². The maximum Gasteiger partial charge on any atom is 0.255 e. The molecule has 116 valence electrons. The van der Waals surface area contributed by atoms with E-state index in [9.17, 15) is 9.18 Å². The Bertz CT molecular complexity index is 691. The van der Waals surface area contributed by atoms with E-state index in [0.717, 1.165) is 3.57 Å². The zero-order valence-electron chi connectivity index (χ0n) is 12.2. The summed E-state index contributed by atoms with van der Waals surface area (Å²) in [5.74, 6) is 0.340. The Morgan fingerprint density at radius 3 is 2.73 bits per heavy atom. The van der Waals surface area contributed by atoms with E-state index < -0.39 is 5.82 Å². The number of hydrogen-bond donors (Lipinski definition) is 1. The highest BCUT2D eigenvalue weighted by Crippen LogP contribution is 2.34. The number of anilines is 1. The second kappa shape index (κ2) is 7.44. The Balaban J connectivity index is 2.28. The van der Waals surface area contributed by atoms with E-state index in [1.54, 1.807) is 18.2 Å². The van der Waals surface area contributed by atoms with Crippen molar-refractivity contribution in [2.24, 2.45) is 0 Å². The Kier molecular flexibility index (Phi) is 5.59. The highest BCUT2D eigenvalue weighted by atomic mass is 127. The van der Waals surface area contributed by atoms with Crippen molar-refractivity contribution in [3.8, 4) is 11.5 Å². The SMILES string of the molecule is CCOc1c(I)cc(C(=O)Nc2cccc(F)c2)cc1OC. The molecule has 4 nitrogen and oxygen atoms in total. The summed E-state index contributed by atoms with van der Waals surface area (Å²) in [6.45, 7) is 2.38. The molecule has 0 aliphatic rings. The quantitative estimate of drug-likeness (QED) is 0.749. The van der Waals surface area contributed by atoms with Gasteiger partial charge < -0.3 is 14.8 Å². The van der Waals surface area contributed by atoms with Gasteiger partial charge in [-0.2, -0.15) is 0 Å². The van der Waals surface area contributed by atoms with Crippen LogP contribution in [-0.2, 0) is 0 Å². The van der Waals surface area contributed by atoms with Gasteiger partial charge in [-0.05, 0) is 59.8 Å². The molecule has 0 unspecified atom stereocenters. The van der Waals surface area contributed by atoms with Crippen LogP contribution in [0.5, 0.6) is 11.5 Å². The molecule has 0 saturated heterocycles. The van der Waals surface area contributed by atoms with Gasteiger partial charge in [0.25, 0.3) is 5.91 Å². The summed E-state index contributed by atoms with van der Waals surface area (Å²) >= 11 is 2.08. The second-order valence-electron chi connectivity index (χ2n) is 4.39. The molecule has 0 spiro atoms. The Morgan fingerprint density at radius 1 is 1.32 bits per heavy atom. The minimum Gasteiger partial charge on any atom is -0.493 e. The first-order valence-electron chi connectivity index (χ1n) is 6.62. The fourth-order valence-electron chi connectivity index (χ4n) is 1.90. The van der Waals surface area contributed by atoms with E-state index >= 15 is 0 Å². The smallest absolute Gasteiger partial charge is 0.255 e. The number of carbonyl (C=O) groups is 1. The summed E-state index contributed by atoms with van der Waals surface area (Å²) in [6, 6.07) is 9.03. The molecule has 0 radical (unpaired) electrons. The van der Waals surface area contributed by atoms with E-state index in [4.69, 9.17) is 9.47 Å². The molecule has 2 rings (SSSR count). The molecular formula is C16H15FINO3. The zero-order chi connectivity index (χ0) is 16.1. The summed E-state index contributed by atoms with van der Waals surface area (Å²) in [4.78, 5) is 12.3. The van der Waals surface area contributed by atoms with Crippen LogP contribution in [0.4, 0.5) is 10.1 Å². The highest BCUT2D eigenvalue weighted by Gasteiger charge is 2.15. The number of rotatable bonds is 5. The maximum absolute atomic E-state index is 13.2. The largest absolute Gasteiger partial charge is 0.493 e. The Labute approximate surface area is 141 Å². The highest BCUT2D eigenvalue weighted by molar-refractivity contribution is 14.1. The van der Waals surface area contributed by atoms with Crippen molar-refractivity contribution in [2.75, 3.05) is 19.0 Å². The molecule has 0 saturated carbocycles. The molecular weight excluding hydrogens is 400 g/mol. The number of benzene rings is 2. The Hall–Kier alpha value is -1.83. The van der Waals surface area contributed by atoms with Crippen molar-refractivity contribution in [3.63, 3.8) is 0 Å². The van der Waals surface area contributed by atoms with Crippen LogP contribution < -0.4 is 14.8 Å². The molecule has 0 bridgehead atoms. The van der Waals surface area contributed by atoms with Crippen LogP contribution in [-0.4, -0.2) is 19.6 Å². The van der Waals surface area contributed by atoms with E-state index in [1.165, 1.54) is 25.3 Å². The molecule has 1 N–H and O–H groups in total. The topological polar surface area (TPSA) is 47.6 Å². The van der Waals surface area contributed by atoms with E-state index in [-0.39, 0.29) is 5.91 Å². The molecule has 0 aromatic heterocycles. The maximum atomic E-state index is 13.2. The van der Waals surface area contributed by atoms with Crippen LogP contribution in [0.3, 0.4) is 0 Å². The van der Waals surface area contributed by atoms with Crippen LogP contribution in [0.15, 0.2) is 36.4 Å². The summed E-state index contributed by atoms with van der Waals surface area (Å²) in [6.07, 6.45) is 0. The van der Waals surface area contributed by atoms with E-state index in [1.807, 2.05) is 6.92 Å². The van der Waals surface area contributed by atoms with Gasteiger partial charge in [-0.15, -0.1) is 0 Å². The number of nitrogens with one attached hydrogen (secondary N) is 1. The van der Waals surface area contributed by atoms with Crippen molar-refractivity contribution < 1.29 is 18.7 Å². The fraction of sp³-hybridized carbons (Fsp3) is 0.188. The van der Waals surface area contributed by atoms with Crippen LogP contribution in [0.2, 0.25) is 0 Å². The van der Waals surface area contributed by atoms with Gasteiger partial charge in [0, 0.05) is 11.3 Å². The van der Waals surface area contributed by atoms with Gasteiger partial charge in [0.1, 0.15) is 5.82 Å². The van der Waals surface area contributed by atoms with Gasteiger partial charge in [-0.3, -0.25) is 4.79 Å². The predicted octanol–water partition coefficient (Wildman–Crippen LogP) is 4.09. The number of amides is 1. The van der Waals surface area contributed by atoms with Gasteiger partial charge in [-0.25, -0.2) is 4.39 Å². The van der Waals surface area contributed by atoms with Gasteiger partial charge in [-0.1, -0.05) is 6.07 Å². The third kappa shape index (κ3) is 3.88. The normalized spacial score (nSPS) is 10.2. The van der Waals surface area contributed by atoms with Crippen LogP contribution >= 0.6 is 22.6 Å². The second-order valence-corrected chi connectivity index (χ2v) is 5.55. The lowest BCUT2D eigenvalue weighted by atomic mass is 10.2. The van der Waals surface area contributed by atoms with Crippen molar-refractivity contribution in [2.45, 2.75) is 6.92 Å². The number of methoxy groups -OCH3 is 1. The number of carbonyl (C=O) groups excluding carboxylic acids is 1. The van der Waals surface area contributed by atoms with Gasteiger partial charge in [0.05, 0.1) is 17.3 Å². The number of halogens is 2. The molecule has 0 aliphatic heterocycles. The average Bonchev–Trinajstić information content (AvgIpc) is 2.49. The van der Waals surface area contributed by atoms with E-state index in [0.29, 0.717) is 29.4 Å². The molecule has 1 amide bonds. The molecule has 22 heavy (non-hydrogen) atoms. The summed E-state index contributed by atoms with van der Waals surface area (Å²) in [5, 5.41) is 2.65. The number of hydrogen-bond acceptors (Lipinski definition) is 3. The average molecular weight is 415 g/mol. The van der Waals surface area contributed by atoms with Crippen molar-refractivity contribution in [3.05, 3.63) is 51.3 Å². The monoisotopic (exact) mass is 415 g/mol. The third-order valence-corrected chi connectivity index (χ3v) is 3.66. The van der Waals surface area contributed by atoms with Gasteiger partial charge in [0.2, 0.25) is 0 Å². The first-order valence-corrected chi connectivity index (χ1v) is 7.70. The van der Waals surface area contributed by atoms with Crippen molar-refractivity contribution >= 4 is 34.2 Å². The first kappa shape index (κ1) is 16.5. The molecule has 2 aromatic carbocycles. The van der Waals surface area contributed by atoms with Crippen LogP contribution in [0.25, 0.3) is 0 Å². The fourth-order valence-corrected chi connectivity index (χ4v) is 2.66. The molecule has 2 aromatic rings. The summed E-state index contributed by atoms with van der Waals surface area (Å²) in [5.41, 5.74) is 0.807. The molecule has 0 aliphatic carbocycles. The standard InChI is InChI=1S/C16H15FINO3/c1-3-22-15-13(18)7-10(8-14(15)21-2)16(20)19-12-6-4-5-11(17)9-12/h4-9H,3H2,1-2H3,(H,19,20). The van der Waals surface area contributed by atoms with E-state index in [2.05, 4.69) is 27.9 Å². The van der Waals surface area contributed by atoms with Crippen molar-refractivity contribution in [1.82, 2.24) is 0 Å². The Morgan fingerprint density at radius 2 is 2.09 bits per heavy atom. The lowest BCUT2D eigenvalue weighted by Crippen LogP contribution is -2.13. The first-order chi connectivity index (χ1) is 10.5. The zero-order valence-corrected chi connectivity index (χ0v) is 14.3. The minimum absolute atomic E-state index is 0.343.